The normalized spacial score (nSPS) is 16.4. The monoisotopic (exact) mass is 232 g/mol. The van der Waals surface area contributed by atoms with Crippen LogP contribution in [0.5, 0.6) is 0 Å². The van der Waals surface area contributed by atoms with Crippen LogP contribution in [-0.2, 0) is 0 Å². The third-order valence-corrected chi connectivity index (χ3v) is 3.50. The number of aromatic nitrogens is 1. The average molecular weight is 232 g/mol. The zero-order valence-electron chi connectivity index (χ0n) is 9.29. The van der Waals surface area contributed by atoms with Gasteiger partial charge in [-0.3, -0.25) is 4.98 Å². The fourth-order valence-corrected chi connectivity index (χ4v) is 2.36. The minimum Gasteiger partial charge on any atom is -0.264 e. The van der Waals surface area contributed by atoms with Gasteiger partial charge in [0, 0.05) is 29.4 Å². The highest BCUT2D eigenvalue weighted by Crippen LogP contribution is 2.40. The first-order valence-electron chi connectivity index (χ1n) is 5.83. The molecule has 0 aliphatic heterocycles. The van der Waals surface area contributed by atoms with Gasteiger partial charge in [-0.2, -0.15) is 0 Å². The lowest BCUT2D eigenvalue weighted by Crippen LogP contribution is -2.10. The molecule has 1 aliphatic carbocycles. The molecule has 1 aromatic carbocycles. The molecule has 1 aromatic heterocycles. The van der Waals surface area contributed by atoms with E-state index in [9.17, 15) is 8.78 Å². The van der Waals surface area contributed by atoms with Gasteiger partial charge in [0.1, 0.15) is 0 Å². The van der Waals surface area contributed by atoms with Crippen molar-refractivity contribution >= 4 is 10.8 Å². The maximum Gasteiger partial charge on any atom is 0.264 e. The van der Waals surface area contributed by atoms with E-state index in [2.05, 4.69) is 11.1 Å². The molecule has 0 N–H and O–H groups in total. The molecule has 0 unspecified atom stereocenters. The highest BCUT2D eigenvalue weighted by Gasteiger charge is 2.23. The molecule has 1 fully saturated rings. The quantitative estimate of drug-likeness (QED) is 0.754. The van der Waals surface area contributed by atoms with Crippen molar-refractivity contribution in [2.75, 3.05) is 0 Å². The van der Waals surface area contributed by atoms with E-state index in [4.69, 9.17) is 0 Å². The molecular weight excluding hydrogens is 220 g/mol. The lowest BCUT2D eigenvalue weighted by atomic mass is 9.78. The van der Waals surface area contributed by atoms with Crippen LogP contribution in [0.3, 0.4) is 0 Å². The SMILES string of the molecule is FC(F)c1[c]c2cnccc2c(C2CCC2)c1. The summed E-state index contributed by atoms with van der Waals surface area (Å²) in [6.45, 7) is 0. The summed E-state index contributed by atoms with van der Waals surface area (Å²) >= 11 is 0. The first kappa shape index (κ1) is 10.6. The number of fused-ring (bicyclic) bond motifs is 1. The summed E-state index contributed by atoms with van der Waals surface area (Å²) in [4.78, 5) is 3.98. The molecule has 1 aliphatic rings. The Morgan fingerprint density at radius 3 is 2.82 bits per heavy atom. The van der Waals surface area contributed by atoms with Crippen molar-refractivity contribution in [2.24, 2.45) is 0 Å². The molecule has 0 saturated heterocycles. The van der Waals surface area contributed by atoms with Gasteiger partial charge in [-0.25, -0.2) is 8.78 Å². The number of nitrogens with zero attached hydrogens (tertiary/aromatic N) is 1. The Morgan fingerprint density at radius 1 is 1.35 bits per heavy atom. The molecular formula is C14H12F2N. The molecule has 0 bridgehead atoms. The predicted molar refractivity (Wildman–Crippen MR) is 62.1 cm³/mol. The van der Waals surface area contributed by atoms with Crippen LogP contribution in [0, 0.1) is 6.07 Å². The van der Waals surface area contributed by atoms with E-state index in [1.165, 1.54) is 6.42 Å². The first-order valence-corrected chi connectivity index (χ1v) is 5.83. The highest BCUT2D eigenvalue weighted by atomic mass is 19.3. The number of benzene rings is 1. The molecule has 2 aromatic rings. The maximum absolute atomic E-state index is 12.8. The van der Waals surface area contributed by atoms with Gasteiger partial charge in [0.15, 0.2) is 0 Å². The lowest BCUT2D eigenvalue weighted by molar-refractivity contribution is 0.151. The van der Waals surface area contributed by atoms with Crippen LogP contribution in [0.4, 0.5) is 8.78 Å². The number of alkyl halides is 2. The maximum atomic E-state index is 12.8. The van der Waals surface area contributed by atoms with Gasteiger partial charge in [-0.15, -0.1) is 0 Å². The van der Waals surface area contributed by atoms with Crippen molar-refractivity contribution in [3.05, 3.63) is 41.7 Å². The van der Waals surface area contributed by atoms with Gasteiger partial charge in [0.2, 0.25) is 0 Å². The molecule has 1 nitrogen and oxygen atoms in total. The molecule has 0 atom stereocenters. The smallest absolute Gasteiger partial charge is 0.264 e. The topological polar surface area (TPSA) is 12.9 Å². The molecule has 87 valence electrons. The van der Waals surface area contributed by atoms with Gasteiger partial charge in [-0.05, 0) is 41.8 Å². The number of pyridine rings is 1. The molecule has 1 heterocycles. The summed E-state index contributed by atoms with van der Waals surface area (Å²) in [6, 6.07) is 6.28. The number of rotatable bonds is 2. The molecule has 1 saturated carbocycles. The Bertz CT molecular complexity index is 547. The fraction of sp³-hybridized carbons (Fsp3) is 0.357. The van der Waals surface area contributed by atoms with Crippen LogP contribution in [0.1, 0.15) is 42.7 Å². The van der Waals surface area contributed by atoms with Gasteiger partial charge in [0.25, 0.3) is 6.43 Å². The third-order valence-electron chi connectivity index (χ3n) is 3.50. The summed E-state index contributed by atoms with van der Waals surface area (Å²) in [7, 11) is 0. The Kier molecular flexibility index (Phi) is 2.54. The second-order valence-electron chi connectivity index (χ2n) is 4.53. The number of hydrogen-bond acceptors (Lipinski definition) is 1. The fourth-order valence-electron chi connectivity index (χ4n) is 2.36. The van der Waals surface area contributed by atoms with Crippen LogP contribution in [0.15, 0.2) is 24.5 Å². The van der Waals surface area contributed by atoms with E-state index in [1.54, 1.807) is 18.5 Å². The second kappa shape index (κ2) is 4.06. The molecule has 1 radical (unpaired) electrons. The van der Waals surface area contributed by atoms with Crippen LogP contribution in [0.25, 0.3) is 10.8 Å². The van der Waals surface area contributed by atoms with Gasteiger partial charge >= 0.3 is 0 Å². The van der Waals surface area contributed by atoms with Crippen molar-refractivity contribution < 1.29 is 8.78 Å². The Morgan fingerprint density at radius 2 is 2.18 bits per heavy atom. The van der Waals surface area contributed by atoms with Crippen molar-refractivity contribution in [1.82, 2.24) is 4.98 Å². The van der Waals surface area contributed by atoms with E-state index in [1.807, 2.05) is 6.07 Å². The number of hydrogen-bond donors (Lipinski definition) is 0. The van der Waals surface area contributed by atoms with E-state index in [0.717, 1.165) is 23.8 Å². The largest absolute Gasteiger partial charge is 0.264 e. The summed E-state index contributed by atoms with van der Waals surface area (Å²) in [5.41, 5.74) is 1.04. The van der Waals surface area contributed by atoms with Gasteiger partial charge in [0.05, 0.1) is 0 Å². The summed E-state index contributed by atoms with van der Waals surface area (Å²) < 4.78 is 25.6. The summed E-state index contributed by atoms with van der Waals surface area (Å²) in [5.74, 6) is 0.437. The van der Waals surface area contributed by atoms with Crippen molar-refractivity contribution in [3.8, 4) is 0 Å². The molecule has 0 amide bonds. The second-order valence-corrected chi connectivity index (χ2v) is 4.53. The first-order chi connectivity index (χ1) is 8.25. The summed E-state index contributed by atoms with van der Waals surface area (Å²) in [6.07, 6.45) is 4.26. The molecule has 0 spiro atoms. The van der Waals surface area contributed by atoms with Crippen LogP contribution in [0.2, 0.25) is 0 Å². The average Bonchev–Trinajstić information content (AvgIpc) is 2.26. The third kappa shape index (κ3) is 1.79. The van der Waals surface area contributed by atoms with E-state index >= 15 is 0 Å². The van der Waals surface area contributed by atoms with E-state index < -0.39 is 6.43 Å². The van der Waals surface area contributed by atoms with E-state index in [-0.39, 0.29) is 5.56 Å². The predicted octanol–water partition coefficient (Wildman–Crippen LogP) is 4.24. The summed E-state index contributed by atoms with van der Waals surface area (Å²) in [5, 5.41) is 1.72. The van der Waals surface area contributed by atoms with Gasteiger partial charge in [-0.1, -0.05) is 6.42 Å². The van der Waals surface area contributed by atoms with Crippen LogP contribution in [-0.4, -0.2) is 4.98 Å². The minimum absolute atomic E-state index is 0.00704. The van der Waals surface area contributed by atoms with E-state index in [0.29, 0.717) is 11.3 Å². The molecule has 3 heteroatoms. The standard InChI is InChI=1S/C14H12F2N/c15-14(16)10-6-11-8-17-5-4-12(11)13(7-10)9-2-1-3-9/h4-5,7-9,14H,1-3H2. The zero-order chi connectivity index (χ0) is 11.8. The molecule has 17 heavy (non-hydrogen) atoms. The number of halogens is 2. The Balaban J connectivity index is 2.21. The lowest BCUT2D eigenvalue weighted by Gasteiger charge is -2.27. The van der Waals surface area contributed by atoms with Gasteiger partial charge < -0.3 is 0 Å². The zero-order valence-corrected chi connectivity index (χ0v) is 9.29. The van der Waals surface area contributed by atoms with Crippen molar-refractivity contribution in [2.45, 2.75) is 31.6 Å². The van der Waals surface area contributed by atoms with Crippen LogP contribution < -0.4 is 0 Å². The van der Waals surface area contributed by atoms with Crippen LogP contribution >= 0.6 is 0 Å². The van der Waals surface area contributed by atoms with Crippen molar-refractivity contribution in [1.29, 1.82) is 0 Å². The minimum atomic E-state index is -2.46. The Hall–Kier alpha value is -1.51. The Labute approximate surface area is 98.5 Å². The molecule has 3 rings (SSSR count). The highest BCUT2D eigenvalue weighted by molar-refractivity contribution is 5.85. The van der Waals surface area contributed by atoms with Crippen molar-refractivity contribution in [3.63, 3.8) is 0 Å².